The van der Waals surface area contributed by atoms with Crippen molar-refractivity contribution < 1.29 is 0 Å². The van der Waals surface area contributed by atoms with E-state index in [1.54, 1.807) is 0 Å². The topological polar surface area (TPSA) is 4.93 Å². The molecule has 1 aliphatic heterocycles. The Kier molecular flexibility index (Phi) is 2.94. The first kappa shape index (κ1) is 12.3. The molecule has 0 radical (unpaired) electrons. The van der Waals surface area contributed by atoms with Gasteiger partial charge in [-0.3, -0.25) is 0 Å². The van der Waals surface area contributed by atoms with Crippen LogP contribution >= 0.6 is 43.6 Å². The monoisotopic (exact) mass is 395 g/mol. The molecular formula is C15H11Br2NS. The van der Waals surface area contributed by atoms with E-state index in [1.165, 1.54) is 27.6 Å². The van der Waals surface area contributed by atoms with E-state index in [4.69, 9.17) is 0 Å². The van der Waals surface area contributed by atoms with Crippen LogP contribution in [-0.2, 0) is 6.54 Å². The summed E-state index contributed by atoms with van der Waals surface area (Å²) in [5.74, 6) is 1.30. The summed E-state index contributed by atoms with van der Waals surface area (Å²) in [7, 11) is 0. The molecule has 0 unspecified atom stereocenters. The highest BCUT2D eigenvalue weighted by Gasteiger charge is 2.24. The van der Waals surface area contributed by atoms with Gasteiger partial charge in [0.1, 0.15) is 0 Å². The van der Waals surface area contributed by atoms with Gasteiger partial charge in [-0.2, -0.15) is 11.8 Å². The number of aromatic nitrogens is 1. The van der Waals surface area contributed by atoms with Crippen LogP contribution in [0.3, 0.4) is 0 Å². The highest BCUT2D eigenvalue weighted by Crippen LogP contribution is 2.37. The first-order valence-electron chi connectivity index (χ1n) is 6.21. The Morgan fingerprint density at radius 2 is 1.53 bits per heavy atom. The average Bonchev–Trinajstić information content (AvgIpc) is 3.16. The van der Waals surface area contributed by atoms with Gasteiger partial charge in [0, 0.05) is 48.3 Å². The number of halogens is 2. The van der Waals surface area contributed by atoms with Gasteiger partial charge in [0.15, 0.2) is 0 Å². The van der Waals surface area contributed by atoms with Crippen LogP contribution in [0.4, 0.5) is 0 Å². The van der Waals surface area contributed by atoms with Gasteiger partial charge in [-0.25, -0.2) is 0 Å². The molecule has 19 heavy (non-hydrogen) atoms. The van der Waals surface area contributed by atoms with Crippen molar-refractivity contribution in [2.45, 2.75) is 11.8 Å². The van der Waals surface area contributed by atoms with E-state index < -0.39 is 0 Å². The Balaban J connectivity index is 2.09. The predicted molar refractivity (Wildman–Crippen MR) is 91.1 cm³/mol. The third kappa shape index (κ3) is 2.14. The summed E-state index contributed by atoms with van der Waals surface area (Å²) in [4.78, 5) is 0. The van der Waals surface area contributed by atoms with E-state index in [0.29, 0.717) is 0 Å². The van der Waals surface area contributed by atoms with Crippen molar-refractivity contribution in [2.24, 2.45) is 0 Å². The molecule has 2 aromatic carbocycles. The van der Waals surface area contributed by atoms with Gasteiger partial charge in [-0.05, 0) is 36.4 Å². The first-order chi connectivity index (χ1) is 9.22. The number of nitrogens with zero attached hydrogens (tertiary/aromatic N) is 1. The normalized spacial score (nSPS) is 18.3. The largest absolute Gasteiger partial charge is 0.339 e. The van der Waals surface area contributed by atoms with Gasteiger partial charge in [-0.1, -0.05) is 31.9 Å². The van der Waals surface area contributed by atoms with E-state index in [2.05, 4.69) is 84.6 Å². The lowest BCUT2D eigenvalue weighted by atomic mass is 10.2. The fraction of sp³-hybridized carbons (Fsp3) is 0.200. The first-order valence-corrected chi connectivity index (χ1v) is 8.84. The van der Waals surface area contributed by atoms with Crippen LogP contribution in [0.15, 0.2) is 45.3 Å². The number of hydrogen-bond donors (Lipinski definition) is 0. The highest BCUT2D eigenvalue weighted by molar-refractivity contribution is 9.10. The number of fused-ring (bicyclic) bond motifs is 3. The summed E-state index contributed by atoms with van der Waals surface area (Å²) in [6, 6.07) is 13.2. The molecule has 1 aliphatic rings. The van der Waals surface area contributed by atoms with Gasteiger partial charge in [0.05, 0.1) is 0 Å². The maximum absolute atomic E-state index is 3.58. The van der Waals surface area contributed by atoms with E-state index in [0.717, 1.165) is 20.7 Å². The van der Waals surface area contributed by atoms with E-state index in [1.807, 2.05) is 0 Å². The molecule has 0 amide bonds. The number of benzene rings is 2. The summed E-state index contributed by atoms with van der Waals surface area (Å²) in [5, 5.41) is 3.46. The zero-order valence-corrected chi connectivity index (χ0v) is 14.1. The van der Waals surface area contributed by atoms with E-state index in [-0.39, 0.29) is 0 Å². The fourth-order valence-corrected chi connectivity index (χ4v) is 3.84. The molecule has 96 valence electrons. The molecule has 0 aliphatic carbocycles. The summed E-state index contributed by atoms with van der Waals surface area (Å²) in [5.41, 5.74) is 2.67. The Morgan fingerprint density at radius 1 is 1.00 bits per heavy atom. The van der Waals surface area contributed by atoms with Crippen molar-refractivity contribution in [1.29, 1.82) is 0 Å². The van der Waals surface area contributed by atoms with Crippen molar-refractivity contribution in [2.75, 3.05) is 5.75 Å². The molecule has 1 aromatic heterocycles. The third-order valence-electron chi connectivity index (χ3n) is 3.58. The standard InChI is InChI=1S/C15H11Br2NS/c16-9-1-3-14-12(5-9)13-6-10(17)2-4-15(13)18(14)7-11-8-19-11/h1-6,11H,7-8H2/t11-/m1/s1. The Bertz CT molecular complexity index is 730. The van der Waals surface area contributed by atoms with E-state index >= 15 is 0 Å². The third-order valence-corrected chi connectivity index (χ3v) is 5.52. The highest BCUT2D eigenvalue weighted by atomic mass is 79.9. The van der Waals surface area contributed by atoms with Crippen molar-refractivity contribution in [3.63, 3.8) is 0 Å². The SMILES string of the molecule is Brc1ccc2c(c1)c1cc(Br)ccc1n2C[C@@H]1CS1. The summed E-state index contributed by atoms with van der Waals surface area (Å²) in [6.45, 7) is 1.12. The number of rotatable bonds is 2. The summed E-state index contributed by atoms with van der Waals surface area (Å²) < 4.78 is 4.74. The zero-order chi connectivity index (χ0) is 13.0. The molecule has 4 rings (SSSR count). The molecule has 1 nitrogen and oxygen atoms in total. The van der Waals surface area contributed by atoms with Crippen LogP contribution in [0.1, 0.15) is 0 Å². The second kappa shape index (κ2) is 4.54. The molecular weight excluding hydrogens is 386 g/mol. The van der Waals surface area contributed by atoms with E-state index in [9.17, 15) is 0 Å². The quantitative estimate of drug-likeness (QED) is 0.522. The average molecular weight is 397 g/mol. The van der Waals surface area contributed by atoms with Crippen LogP contribution in [0.25, 0.3) is 21.8 Å². The van der Waals surface area contributed by atoms with Gasteiger partial charge in [-0.15, -0.1) is 0 Å². The van der Waals surface area contributed by atoms with Crippen molar-refractivity contribution in [3.05, 3.63) is 45.3 Å². The zero-order valence-electron chi connectivity index (χ0n) is 10.1. The molecule has 0 bridgehead atoms. The van der Waals surface area contributed by atoms with Gasteiger partial charge in [0.2, 0.25) is 0 Å². The molecule has 1 saturated heterocycles. The minimum absolute atomic E-state index is 0.797. The van der Waals surface area contributed by atoms with Crippen LogP contribution < -0.4 is 0 Å². The summed E-state index contributed by atoms with van der Waals surface area (Å²) in [6.07, 6.45) is 0. The minimum atomic E-state index is 0.797. The van der Waals surface area contributed by atoms with Crippen LogP contribution in [0.5, 0.6) is 0 Å². The molecule has 0 N–H and O–H groups in total. The molecule has 1 atom stereocenters. The number of hydrogen-bond acceptors (Lipinski definition) is 1. The molecule has 1 fully saturated rings. The smallest absolute Gasteiger partial charge is 0.0492 e. The fourth-order valence-electron chi connectivity index (χ4n) is 2.62. The van der Waals surface area contributed by atoms with Crippen LogP contribution in [-0.4, -0.2) is 15.6 Å². The lowest BCUT2D eigenvalue weighted by Crippen LogP contribution is -2.02. The molecule has 3 aromatic rings. The van der Waals surface area contributed by atoms with Crippen LogP contribution in [0, 0.1) is 0 Å². The predicted octanol–water partition coefficient (Wildman–Crippen LogP) is 5.43. The Hall–Kier alpha value is -0.450. The van der Waals surface area contributed by atoms with Gasteiger partial charge in [0.25, 0.3) is 0 Å². The second-order valence-electron chi connectivity index (χ2n) is 4.89. The maximum atomic E-state index is 3.58. The summed E-state index contributed by atoms with van der Waals surface area (Å²) >= 11 is 9.22. The molecule has 0 spiro atoms. The van der Waals surface area contributed by atoms with Gasteiger partial charge < -0.3 is 4.57 Å². The Morgan fingerprint density at radius 3 is 2.00 bits per heavy atom. The molecule has 2 heterocycles. The van der Waals surface area contributed by atoms with Crippen molar-refractivity contribution >= 4 is 65.4 Å². The maximum Gasteiger partial charge on any atom is 0.0492 e. The minimum Gasteiger partial charge on any atom is -0.339 e. The Labute approximate surface area is 132 Å². The van der Waals surface area contributed by atoms with Gasteiger partial charge >= 0.3 is 0 Å². The lowest BCUT2D eigenvalue weighted by molar-refractivity contribution is 0.777. The molecule has 0 saturated carbocycles. The van der Waals surface area contributed by atoms with Crippen molar-refractivity contribution in [1.82, 2.24) is 4.57 Å². The molecule has 4 heteroatoms. The van der Waals surface area contributed by atoms with Crippen molar-refractivity contribution in [3.8, 4) is 0 Å². The number of thioether (sulfide) groups is 1. The lowest BCUT2D eigenvalue weighted by Gasteiger charge is -2.05. The second-order valence-corrected chi connectivity index (χ2v) is 8.05. The van der Waals surface area contributed by atoms with Crippen LogP contribution in [0.2, 0.25) is 0 Å².